The predicted molar refractivity (Wildman–Crippen MR) is 71.6 cm³/mol. The molecule has 0 aliphatic carbocycles. The first-order valence-electron chi connectivity index (χ1n) is 6.18. The molecule has 1 rings (SSSR count). The van der Waals surface area contributed by atoms with E-state index in [1.165, 1.54) is 0 Å². The van der Waals surface area contributed by atoms with E-state index < -0.39 is 0 Å². The smallest absolute Gasteiger partial charge is 0.252 e. The third kappa shape index (κ3) is 3.88. The Morgan fingerprint density at radius 3 is 2.78 bits per heavy atom. The minimum Gasteiger partial charge on any atom is -0.421 e. The molecule has 0 radical (unpaired) electrons. The molecular formula is C13H20N4O. The Labute approximate surface area is 108 Å². The second kappa shape index (κ2) is 6.20. The Hall–Kier alpha value is -1.83. The number of oxazole rings is 1. The van der Waals surface area contributed by atoms with Gasteiger partial charge in [-0.3, -0.25) is 0 Å². The van der Waals surface area contributed by atoms with E-state index in [9.17, 15) is 0 Å². The first kappa shape index (κ1) is 14.2. The summed E-state index contributed by atoms with van der Waals surface area (Å²) >= 11 is 0. The highest BCUT2D eigenvalue weighted by Crippen LogP contribution is 2.26. The van der Waals surface area contributed by atoms with Crippen LogP contribution in [-0.4, -0.2) is 11.2 Å². The Morgan fingerprint density at radius 1 is 1.50 bits per heavy atom. The van der Waals surface area contributed by atoms with Crippen molar-refractivity contribution in [3.8, 4) is 6.07 Å². The molecule has 18 heavy (non-hydrogen) atoms. The van der Waals surface area contributed by atoms with Gasteiger partial charge in [0, 0.05) is 11.6 Å². The number of unbranched alkanes of at least 4 members (excludes halogenated alkanes) is 2. The molecule has 98 valence electrons. The fourth-order valence-electron chi connectivity index (χ4n) is 1.26. The molecule has 0 amide bonds. The molecule has 1 heterocycles. The summed E-state index contributed by atoms with van der Waals surface area (Å²) in [6.45, 7) is 8.07. The Balaban J connectivity index is 2.74. The number of aromatic nitrogens is 1. The fraction of sp³-hybridized carbons (Fsp3) is 0.615. The molecule has 0 aliphatic rings. The molecule has 0 unspecified atom stereocenters. The van der Waals surface area contributed by atoms with Gasteiger partial charge in [0.05, 0.1) is 0 Å². The normalized spacial score (nSPS) is 11.7. The average Bonchev–Trinajstić information content (AvgIpc) is 2.72. The van der Waals surface area contributed by atoms with E-state index in [1.54, 1.807) is 6.21 Å². The summed E-state index contributed by atoms with van der Waals surface area (Å²) in [6.07, 6.45) is 4.92. The molecule has 0 atom stereocenters. The van der Waals surface area contributed by atoms with Gasteiger partial charge in [-0.2, -0.15) is 15.3 Å². The highest BCUT2D eigenvalue weighted by Gasteiger charge is 2.23. The molecule has 1 aromatic rings. The molecule has 5 nitrogen and oxygen atoms in total. The predicted octanol–water partition coefficient (Wildman–Crippen LogP) is 3.43. The van der Waals surface area contributed by atoms with Crippen molar-refractivity contribution >= 4 is 12.1 Å². The molecule has 1 N–H and O–H groups in total. The first-order chi connectivity index (χ1) is 8.49. The van der Waals surface area contributed by atoms with Gasteiger partial charge in [-0.15, -0.1) is 0 Å². The molecule has 5 heteroatoms. The number of nitrogens with zero attached hydrogens (tertiary/aromatic N) is 3. The van der Waals surface area contributed by atoms with Crippen LogP contribution in [0.3, 0.4) is 0 Å². The molecule has 0 saturated heterocycles. The van der Waals surface area contributed by atoms with Gasteiger partial charge in [0.2, 0.25) is 11.6 Å². The van der Waals surface area contributed by atoms with Gasteiger partial charge in [0.15, 0.2) is 0 Å². The molecule has 0 spiro atoms. The maximum absolute atomic E-state index is 8.97. The minimum atomic E-state index is -0.225. The lowest BCUT2D eigenvalue weighted by Crippen LogP contribution is -2.11. The summed E-state index contributed by atoms with van der Waals surface area (Å²) in [6, 6.07) is 2.00. The minimum absolute atomic E-state index is 0.225. The van der Waals surface area contributed by atoms with Crippen LogP contribution in [0.2, 0.25) is 0 Å². The molecule has 0 aromatic carbocycles. The number of hydrazone groups is 1. The van der Waals surface area contributed by atoms with Gasteiger partial charge in [0.1, 0.15) is 6.07 Å². The van der Waals surface area contributed by atoms with Crippen LogP contribution in [0.5, 0.6) is 0 Å². The van der Waals surface area contributed by atoms with Crippen LogP contribution in [0.15, 0.2) is 9.52 Å². The maximum atomic E-state index is 8.97. The lowest BCUT2D eigenvalue weighted by molar-refractivity contribution is 0.399. The number of nitrogens with one attached hydrogen (secondary N) is 1. The SMILES string of the molecule is CCCCC=NNc1oc(C(C)(C)C)nc1C#N. The summed E-state index contributed by atoms with van der Waals surface area (Å²) in [7, 11) is 0. The van der Waals surface area contributed by atoms with E-state index in [4.69, 9.17) is 9.68 Å². The molecule has 0 fully saturated rings. The summed E-state index contributed by atoms with van der Waals surface area (Å²) in [5.74, 6) is 0.848. The molecule has 0 aliphatic heterocycles. The molecule has 0 bridgehead atoms. The van der Waals surface area contributed by atoms with E-state index in [-0.39, 0.29) is 11.1 Å². The lowest BCUT2D eigenvalue weighted by Gasteiger charge is -2.11. The average molecular weight is 248 g/mol. The topological polar surface area (TPSA) is 74.2 Å². The van der Waals surface area contributed by atoms with Crippen molar-refractivity contribution in [3.63, 3.8) is 0 Å². The van der Waals surface area contributed by atoms with E-state index in [0.717, 1.165) is 19.3 Å². The van der Waals surface area contributed by atoms with Crippen molar-refractivity contribution in [1.82, 2.24) is 4.98 Å². The Morgan fingerprint density at radius 2 is 2.22 bits per heavy atom. The number of nitriles is 1. The number of hydrogen-bond acceptors (Lipinski definition) is 5. The zero-order valence-corrected chi connectivity index (χ0v) is 11.4. The van der Waals surface area contributed by atoms with E-state index in [1.807, 2.05) is 26.8 Å². The van der Waals surface area contributed by atoms with Gasteiger partial charge in [-0.1, -0.05) is 34.1 Å². The standard InChI is InChI=1S/C13H20N4O/c1-5-6-7-8-15-17-11-10(9-14)16-12(18-11)13(2,3)4/h8,17H,5-7H2,1-4H3. The van der Waals surface area contributed by atoms with Crippen LogP contribution in [0.1, 0.15) is 58.5 Å². The van der Waals surface area contributed by atoms with Crippen molar-refractivity contribution in [1.29, 1.82) is 5.26 Å². The van der Waals surface area contributed by atoms with E-state index in [0.29, 0.717) is 11.8 Å². The van der Waals surface area contributed by atoms with Crippen LogP contribution in [0.4, 0.5) is 5.88 Å². The van der Waals surface area contributed by atoms with Crippen molar-refractivity contribution in [2.75, 3.05) is 5.43 Å². The number of rotatable bonds is 5. The van der Waals surface area contributed by atoms with Crippen molar-refractivity contribution in [2.45, 2.75) is 52.4 Å². The van der Waals surface area contributed by atoms with Crippen molar-refractivity contribution in [2.24, 2.45) is 5.10 Å². The number of anilines is 1. The van der Waals surface area contributed by atoms with Gasteiger partial charge >= 0.3 is 0 Å². The second-order valence-corrected chi connectivity index (χ2v) is 5.12. The quantitative estimate of drug-likeness (QED) is 0.492. The van der Waals surface area contributed by atoms with Gasteiger partial charge in [-0.05, 0) is 12.8 Å². The monoisotopic (exact) mass is 248 g/mol. The maximum Gasteiger partial charge on any atom is 0.252 e. The lowest BCUT2D eigenvalue weighted by atomic mass is 9.97. The Kier molecular flexibility index (Phi) is 4.90. The highest BCUT2D eigenvalue weighted by molar-refractivity contribution is 5.59. The van der Waals surface area contributed by atoms with Crippen LogP contribution in [-0.2, 0) is 5.41 Å². The first-order valence-corrected chi connectivity index (χ1v) is 6.18. The van der Waals surface area contributed by atoms with Crippen LogP contribution in [0, 0.1) is 11.3 Å². The van der Waals surface area contributed by atoms with E-state index >= 15 is 0 Å². The third-order valence-corrected chi connectivity index (χ3v) is 2.32. The van der Waals surface area contributed by atoms with Crippen molar-refractivity contribution < 1.29 is 4.42 Å². The largest absolute Gasteiger partial charge is 0.421 e. The van der Waals surface area contributed by atoms with Gasteiger partial charge < -0.3 is 4.42 Å². The molecule has 0 saturated carbocycles. The number of hydrogen-bond donors (Lipinski definition) is 1. The zero-order chi connectivity index (χ0) is 13.6. The van der Waals surface area contributed by atoms with E-state index in [2.05, 4.69) is 22.4 Å². The summed E-state index contributed by atoms with van der Waals surface area (Å²) < 4.78 is 5.52. The molecular weight excluding hydrogens is 228 g/mol. The summed E-state index contributed by atoms with van der Waals surface area (Å²) in [4.78, 5) is 4.15. The highest BCUT2D eigenvalue weighted by atomic mass is 16.4. The van der Waals surface area contributed by atoms with Crippen LogP contribution in [0.25, 0.3) is 0 Å². The Bertz CT molecular complexity index is 449. The second-order valence-electron chi connectivity index (χ2n) is 5.12. The fourth-order valence-corrected chi connectivity index (χ4v) is 1.26. The molecule has 1 aromatic heterocycles. The van der Waals surface area contributed by atoms with Gasteiger partial charge in [-0.25, -0.2) is 5.43 Å². The third-order valence-electron chi connectivity index (χ3n) is 2.32. The summed E-state index contributed by atoms with van der Waals surface area (Å²) in [5, 5.41) is 13.0. The van der Waals surface area contributed by atoms with Crippen LogP contribution < -0.4 is 5.43 Å². The van der Waals surface area contributed by atoms with Crippen LogP contribution >= 0.6 is 0 Å². The van der Waals surface area contributed by atoms with Crippen molar-refractivity contribution in [3.05, 3.63) is 11.6 Å². The van der Waals surface area contributed by atoms with Gasteiger partial charge in [0.25, 0.3) is 5.88 Å². The summed E-state index contributed by atoms with van der Waals surface area (Å²) in [5.41, 5.74) is 2.75. The zero-order valence-electron chi connectivity index (χ0n) is 11.4.